The van der Waals surface area contributed by atoms with E-state index in [1.165, 1.54) is 6.08 Å². The predicted octanol–water partition coefficient (Wildman–Crippen LogP) is 4.03. The van der Waals surface area contributed by atoms with Gasteiger partial charge >= 0.3 is 0 Å². The normalized spacial score (nSPS) is 10.1. The van der Waals surface area contributed by atoms with Gasteiger partial charge in [0, 0.05) is 6.54 Å². The zero-order valence-corrected chi connectivity index (χ0v) is 12.3. The van der Waals surface area contributed by atoms with E-state index in [0.717, 1.165) is 0 Å². The molecule has 1 rings (SSSR count). The van der Waals surface area contributed by atoms with Crippen LogP contribution in [-0.2, 0) is 0 Å². The molecule has 0 fully saturated rings. The number of hydrogen-bond acceptors (Lipinski definition) is 3. The SMILES string of the molecule is NCCOc1ccc(OCC=C(Cl)Cl)c(Cl)c1Cl. The molecule has 0 aliphatic heterocycles. The number of nitrogens with two attached hydrogens (primary N) is 1. The van der Waals surface area contributed by atoms with Crippen molar-refractivity contribution in [3.63, 3.8) is 0 Å². The van der Waals surface area contributed by atoms with Crippen LogP contribution in [0.3, 0.4) is 0 Å². The molecule has 3 nitrogen and oxygen atoms in total. The van der Waals surface area contributed by atoms with Crippen LogP contribution in [0.25, 0.3) is 0 Å². The second-order valence-electron chi connectivity index (χ2n) is 3.13. The van der Waals surface area contributed by atoms with Gasteiger partial charge in [0.2, 0.25) is 0 Å². The molecule has 1 aromatic carbocycles. The van der Waals surface area contributed by atoms with Crippen molar-refractivity contribution in [2.24, 2.45) is 5.73 Å². The van der Waals surface area contributed by atoms with Gasteiger partial charge in [0.25, 0.3) is 0 Å². The molecule has 0 saturated heterocycles. The lowest BCUT2D eigenvalue weighted by molar-refractivity contribution is 0.326. The Labute approximate surface area is 125 Å². The van der Waals surface area contributed by atoms with Crippen molar-refractivity contribution in [2.45, 2.75) is 0 Å². The van der Waals surface area contributed by atoms with Gasteiger partial charge in [-0.15, -0.1) is 0 Å². The Kier molecular flexibility index (Phi) is 6.97. The van der Waals surface area contributed by atoms with Crippen molar-refractivity contribution in [1.29, 1.82) is 0 Å². The van der Waals surface area contributed by atoms with Crippen molar-refractivity contribution in [2.75, 3.05) is 19.8 Å². The highest BCUT2D eigenvalue weighted by Crippen LogP contribution is 2.38. The lowest BCUT2D eigenvalue weighted by Crippen LogP contribution is -2.10. The van der Waals surface area contributed by atoms with E-state index in [9.17, 15) is 0 Å². The maximum atomic E-state index is 6.04. The van der Waals surface area contributed by atoms with E-state index >= 15 is 0 Å². The summed E-state index contributed by atoms with van der Waals surface area (Å²) >= 11 is 23.0. The molecule has 2 N–H and O–H groups in total. The molecule has 0 unspecified atom stereocenters. The van der Waals surface area contributed by atoms with Crippen LogP contribution in [0.5, 0.6) is 11.5 Å². The topological polar surface area (TPSA) is 44.5 Å². The van der Waals surface area contributed by atoms with Crippen molar-refractivity contribution >= 4 is 46.4 Å². The predicted molar refractivity (Wildman–Crippen MR) is 76.3 cm³/mol. The largest absolute Gasteiger partial charge is 0.491 e. The van der Waals surface area contributed by atoms with E-state index in [4.69, 9.17) is 61.6 Å². The van der Waals surface area contributed by atoms with Crippen molar-refractivity contribution in [1.82, 2.24) is 0 Å². The maximum Gasteiger partial charge on any atom is 0.140 e. The zero-order chi connectivity index (χ0) is 13.5. The van der Waals surface area contributed by atoms with Gasteiger partial charge in [-0.05, 0) is 18.2 Å². The lowest BCUT2D eigenvalue weighted by atomic mass is 10.3. The Hall–Kier alpha value is -0.320. The van der Waals surface area contributed by atoms with Crippen molar-refractivity contribution in [3.05, 3.63) is 32.7 Å². The Morgan fingerprint density at radius 2 is 1.67 bits per heavy atom. The van der Waals surface area contributed by atoms with Crippen LogP contribution in [0.15, 0.2) is 22.7 Å². The monoisotopic (exact) mass is 329 g/mol. The van der Waals surface area contributed by atoms with E-state index in [0.29, 0.717) is 24.7 Å². The third kappa shape index (κ3) is 4.75. The fourth-order valence-corrected chi connectivity index (χ4v) is 1.65. The summed E-state index contributed by atoms with van der Waals surface area (Å²) in [6, 6.07) is 3.31. The molecule has 0 saturated carbocycles. The van der Waals surface area contributed by atoms with Crippen LogP contribution in [0.2, 0.25) is 10.0 Å². The van der Waals surface area contributed by atoms with Crippen LogP contribution < -0.4 is 15.2 Å². The van der Waals surface area contributed by atoms with Crippen molar-refractivity contribution < 1.29 is 9.47 Å². The molecule has 0 radical (unpaired) electrons. The lowest BCUT2D eigenvalue weighted by Gasteiger charge is -2.11. The standard InChI is InChI=1S/C11H11Cl4NO2/c12-9(13)3-5-17-7-1-2-8(18-6-4-16)11(15)10(7)14/h1-3H,4-6,16H2. The summed E-state index contributed by atoms with van der Waals surface area (Å²) < 4.78 is 10.8. The Morgan fingerprint density at radius 3 is 2.17 bits per heavy atom. The minimum Gasteiger partial charge on any atom is -0.491 e. The first-order valence-corrected chi connectivity index (χ1v) is 6.52. The van der Waals surface area contributed by atoms with Gasteiger partial charge in [0.05, 0.1) is 0 Å². The molecule has 1 aromatic rings. The summed E-state index contributed by atoms with van der Waals surface area (Å²) in [6.45, 7) is 0.952. The van der Waals surface area contributed by atoms with Crippen LogP contribution in [-0.4, -0.2) is 19.8 Å². The van der Waals surface area contributed by atoms with E-state index < -0.39 is 0 Å². The molecule has 18 heavy (non-hydrogen) atoms. The summed E-state index contributed by atoms with van der Waals surface area (Å²) in [5.74, 6) is 0.887. The van der Waals surface area contributed by atoms with E-state index in [-0.39, 0.29) is 21.1 Å². The molecule has 0 aliphatic carbocycles. The van der Waals surface area contributed by atoms with Gasteiger partial charge < -0.3 is 15.2 Å². The average Bonchev–Trinajstić information content (AvgIpc) is 2.33. The number of halogens is 4. The third-order valence-electron chi connectivity index (χ3n) is 1.86. The average molecular weight is 331 g/mol. The van der Waals surface area contributed by atoms with Gasteiger partial charge in [-0.1, -0.05) is 46.4 Å². The van der Waals surface area contributed by atoms with Gasteiger partial charge in [-0.25, -0.2) is 0 Å². The highest BCUT2D eigenvalue weighted by molar-refractivity contribution is 6.55. The first-order chi connectivity index (χ1) is 8.56. The molecule has 0 aliphatic rings. The first-order valence-electron chi connectivity index (χ1n) is 5.01. The second-order valence-corrected chi connectivity index (χ2v) is 4.90. The Bertz CT molecular complexity index is 433. The number of benzene rings is 1. The van der Waals surface area contributed by atoms with E-state index in [2.05, 4.69) is 0 Å². The number of rotatable bonds is 6. The fourth-order valence-electron chi connectivity index (χ4n) is 1.10. The molecular weight excluding hydrogens is 320 g/mol. The van der Waals surface area contributed by atoms with Gasteiger partial charge in [0.1, 0.15) is 39.2 Å². The Balaban J connectivity index is 2.77. The maximum absolute atomic E-state index is 6.04. The quantitative estimate of drug-likeness (QED) is 0.856. The molecule has 7 heteroatoms. The summed E-state index contributed by atoms with van der Waals surface area (Å²) in [6.07, 6.45) is 1.49. The fraction of sp³-hybridized carbons (Fsp3) is 0.273. The molecule has 0 heterocycles. The minimum absolute atomic E-state index is 0.125. The minimum atomic E-state index is 0.125. The summed E-state index contributed by atoms with van der Waals surface area (Å²) in [5, 5.41) is 0.550. The van der Waals surface area contributed by atoms with Crippen LogP contribution in [0, 0.1) is 0 Å². The smallest absolute Gasteiger partial charge is 0.140 e. The third-order valence-corrected chi connectivity index (χ3v) is 3.02. The van der Waals surface area contributed by atoms with Crippen LogP contribution in [0.1, 0.15) is 0 Å². The molecule has 100 valence electrons. The Morgan fingerprint density at radius 1 is 1.11 bits per heavy atom. The van der Waals surface area contributed by atoms with Crippen molar-refractivity contribution in [3.8, 4) is 11.5 Å². The number of ether oxygens (including phenoxy) is 2. The van der Waals surface area contributed by atoms with Gasteiger partial charge in [-0.2, -0.15) is 0 Å². The zero-order valence-electron chi connectivity index (χ0n) is 9.26. The molecule has 0 spiro atoms. The van der Waals surface area contributed by atoms with Crippen LogP contribution in [0.4, 0.5) is 0 Å². The van der Waals surface area contributed by atoms with E-state index in [1.807, 2.05) is 0 Å². The molecule has 0 atom stereocenters. The molecule has 0 amide bonds. The second kappa shape index (κ2) is 7.97. The molecule has 0 bridgehead atoms. The highest BCUT2D eigenvalue weighted by Gasteiger charge is 2.11. The van der Waals surface area contributed by atoms with Crippen LogP contribution >= 0.6 is 46.4 Å². The molecular formula is C11H11Cl4NO2. The highest BCUT2D eigenvalue weighted by atomic mass is 35.5. The summed E-state index contributed by atoms with van der Waals surface area (Å²) in [5.41, 5.74) is 5.33. The van der Waals surface area contributed by atoms with Gasteiger partial charge in [-0.3, -0.25) is 0 Å². The van der Waals surface area contributed by atoms with Gasteiger partial charge in [0.15, 0.2) is 0 Å². The number of hydrogen-bond donors (Lipinski definition) is 1. The first kappa shape index (κ1) is 15.7. The summed E-state index contributed by atoms with van der Waals surface area (Å²) in [7, 11) is 0. The summed E-state index contributed by atoms with van der Waals surface area (Å²) in [4.78, 5) is 0. The molecule has 0 aromatic heterocycles. The van der Waals surface area contributed by atoms with E-state index in [1.54, 1.807) is 12.1 Å².